The summed E-state index contributed by atoms with van der Waals surface area (Å²) in [6, 6.07) is 30.1. The Balaban J connectivity index is 1.38. The van der Waals surface area contributed by atoms with E-state index in [9.17, 15) is 9.59 Å². The molecule has 1 saturated carbocycles. The van der Waals surface area contributed by atoms with Crippen LogP contribution in [-0.2, 0) is 9.59 Å². The van der Waals surface area contributed by atoms with Crippen molar-refractivity contribution in [3.8, 4) is 0 Å². The van der Waals surface area contributed by atoms with Crippen LogP contribution in [0.2, 0.25) is 0 Å². The summed E-state index contributed by atoms with van der Waals surface area (Å²) >= 11 is 0. The zero-order valence-electron chi connectivity index (χ0n) is 18.9. The molecule has 2 amide bonds. The van der Waals surface area contributed by atoms with Gasteiger partial charge in [0.2, 0.25) is 11.8 Å². The first-order valence-electron chi connectivity index (χ1n) is 12.0. The number of carbonyl (C=O) groups is 2. The van der Waals surface area contributed by atoms with Crippen LogP contribution < -0.4 is 4.90 Å². The summed E-state index contributed by atoms with van der Waals surface area (Å²) in [6.07, 6.45) is 5.99. The third kappa shape index (κ3) is 2.83. The monoisotopic (exact) mass is 454 g/mol. The van der Waals surface area contributed by atoms with Gasteiger partial charge in [-0.2, -0.15) is 0 Å². The summed E-state index contributed by atoms with van der Waals surface area (Å²) in [7, 11) is 0. The SMILES string of the molecule is O=C1C2C3C=CC(C3=C(c3ccccc3)c3ccccc3)C2C(=O)N1c1cccc2cccnc12. The molecule has 3 aromatic carbocycles. The van der Waals surface area contributed by atoms with Gasteiger partial charge in [0, 0.05) is 23.4 Å². The molecule has 2 aliphatic carbocycles. The van der Waals surface area contributed by atoms with E-state index in [4.69, 9.17) is 0 Å². The first-order valence-corrected chi connectivity index (χ1v) is 12.0. The summed E-state index contributed by atoms with van der Waals surface area (Å²) in [5, 5.41) is 0.916. The summed E-state index contributed by atoms with van der Waals surface area (Å²) in [6.45, 7) is 0. The second-order valence-electron chi connectivity index (χ2n) is 9.41. The minimum atomic E-state index is -0.381. The van der Waals surface area contributed by atoms with Crippen LogP contribution in [0.5, 0.6) is 0 Å². The maximum absolute atomic E-state index is 13.9. The van der Waals surface area contributed by atoms with Crippen molar-refractivity contribution < 1.29 is 9.59 Å². The van der Waals surface area contributed by atoms with Gasteiger partial charge in [-0.1, -0.05) is 91.0 Å². The standard InChI is InChI=1S/C31H22N2O2/c34-30-27-22-16-17-23(26(22)25(19-9-3-1-4-10-19)20-11-5-2-6-12-20)28(27)31(35)33(30)24-15-7-13-21-14-8-18-32-29(21)24/h1-18,22-23,27-28H. The summed E-state index contributed by atoms with van der Waals surface area (Å²) in [5.74, 6) is -1.18. The molecular formula is C31H22N2O2. The van der Waals surface area contributed by atoms with Crippen molar-refractivity contribution in [2.75, 3.05) is 4.90 Å². The molecule has 3 aliphatic rings. The molecule has 4 heteroatoms. The number of hydrogen-bond acceptors (Lipinski definition) is 3. The van der Waals surface area contributed by atoms with Crippen molar-refractivity contribution in [1.82, 2.24) is 4.98 Å². The highest BCUT2D eigenvalue weighted by Crippen LogP contribution is 2.59. The Morgan fingerprint density at radius 3 is 1.83 bits per heavy atom. The van der Waals surface area contributed by atoms with Crippen LogP contribution in [0.25, 0.3) is 16.5 Å². The number of hydrogen-bond donors (Lipinski definition) is 0. The minimum absolute atomic E-state index is 0.0928. The molecule has 1 aromatic heterocycles. The van der Waals surface area contributed by atoms with Crippen LogP contribution in [0.1, 0.15) is 11.1 Å². The van der Waals surface area contributed by atoms with E-state index in [2.05, 4.69) is 41.4 Å². The van der Waals surface area contributed by atoms with Gasteiger partial charge in [-0.3, -0.25) is 14.6 Å². The highest BCUT2D eigenvalue weighted by atomic mass is 16.2. The number of benzene rings is 3. The van der Waals surface area contributed by atoms with E-state index < -0.39 is 0 Å². The maximum atomic E-state index is 13.9. The molecule has 35 heavy (non-hydrogen) atoms. The molecule has 4 unspecified atom stereocenters. The van der Waals surface area contributed by atoms with Crippen molar-refractivity contribution in [2.24, 2.45) is 23.7 Å². The van der Waals surface area contributed by atoms with Crippen LogP contribution in [-0.4, -0.2) is 16.8 Å². The fraction of sp³-hybridized carbons (Fsp3) is 0.129. The Morgan fingerprint density at radius 2 is 1.23 bits per heavy atom. The molecule has 4 nitrogen and oxygen atoms in total. The van der Waals surface area contributed by atoms with E-state index in [1.165, 1.54) is 10.5 Å². The van der Waals surface area contributed by atoms with Crippen LogP contribution in [0.3, 0.4) is 0 Å². The van der Waals surface area contributed by atoms with Crippen molar-refractivity contribution >= 4 is 34.0 Å². The molecule has 168 valence electrons. The van der Waals surface area contributed by atoms with Crippen molar-refractivity contribution in [1.29, 1.82) is 0 Å². The van der Waals surface area contributed by atoms with Gasteiger partial charge < -0.3 is 0 Å². The van der Waals surface area contributed by atoms with Crippen molar-refractivity contribution in [2.45, 2.75) is 0 Å². The number of amides is 2. The predicted molar refractivity (Wildman–Crippen MR) is 136 cm³/mol. The zero-order chi connectivity index (χ0) is 23.5. The number of fused-ring (bicyclic) bond motifs is 6. The van der Waals surface area contributed by atoms with E-state index in [0.29, 0.717) is 11.2 Å². The van der Waals surface area contributed by atoms with Gasteiger partial charge >= 0.3 is 0 Å². The van der Waals surface area contributed by atoms with E-state index >= 15 is 0 Å². The first-order chi connectivity index (χ1) is 17.2. The normalized spacial score (nSPS) is 24.5. The molecule has 1 saturated heterocycles. The summed E-state index contributed by atoms with van der Waals surface area (Å²) < 4.78 is 0. The number of imide groups is 1. The molecule has 2 fully saturated rings. The quantitative estimate of drug-likeness (QED) is 0.297. The largest absolute Gasteiger partial charge is 0.274 e. The van der Waals surface area contributed by atoms with E-state index in [-0.39, 0.29) is 35.5 Å². The second-order valence-corrected chi connectivity index (χ2v) is 9.41. The molecule has 0 radical (unpaired) electrons. The Labute approximate surface area is 203 Å². The smallest absolute Gasteiger partial charge is 0.238 e. The average molecular weight is 455 g/mol. The Bertz CT molecular complexity index is 1470. The number of pyridine rings is 1. The second kappa shape index (κ2) is 7.60. The van der Waals surface area contributed by atoms with Gasteiger partial charge in [-0.25, -0.2) is 4.90 Å². The molecule has 7 rings (SSSR count). The van der Waals surface area contributed by atoms with E-state index in [0.717, 1.165) is 22.1 Å². The zero-order valence-corrected chi connectivity index (χ0v) is 18.9. The first kappa shape index (κ1) is 20.1. The third-order valence-electron chi connectivity index (χ3n) is 7.68. The van der Waals surface area contributed by atoms with Gasteiger partial charge in [0.15, 0.2) is 0 Å². The maximum Gasteiger partial charge on any atom is 0.238 e. The predicted octanol–water partition coefficient (Wildman–Crippen LogP) is 5.66. The van der Waals surface area contributed by atoms with Gasteiger partial charge in [0.1, 0.15) is 0 Å². The lowest BCUT2D eigenvalue weighted by atomic mass is 9.85. The molecule has 0 spiro atoms. The number of nitrogens with zero attached hydrogens (tertiary/aromatic N) is 2. The Hall–Kier alpha value is -4.31. The highest BCUT2D eigenvalue weighted by molar-refractivity contribution is 6.25. The number of anilines is 1. The van der Waals surface area contributed by atoms with Gasteiger partial charge in [-0.05, 0) is 34.4 Å². The number of carbonyl (C=O) groups excluding carboxylic acids is 2. The van der Waals surface area contributed by atoms with E-state index in [1.54, 1.807) is 6.20 Å². The average Bonchev–Trinajstić information content (AvgIpc) is 3.54. The summed E-state index contributed by atoms with van der Waals surface area (Å²) in [5.41, 5.74) is 5.82. The fourth-order valence-electron chi connectivity index (χ4n) is 6.31. The van der Waals surface area contributed by atoms with Crippen molar-refractivity contribution in [3.05, 3.63) is 126 Å². The topological polar surface area (TPSA) is 50.3 Å². The van der Waals surface area contributed by atoms with Crippen LogP contribution in [0.4, 0.5) is 5.69 Å². The molecule has 1 aliphatic heterocycles. The lowest BCUT2D eigenvalue weighted by molar-refractivity contribution is -0.122. The van der Waals surface area contributed by atoms with Gasteiger partial charge in [0.25, 0.3) is 0 Å². The molecule has 2 bridgehead atoms. The number of aromatic nitrogens is 1. The molecular weight excluding hydrogens is 432 g/mol. The Morgan fingerprint density at radius 1 is 0.657 bits per heavy atom. The summed E-state index contributed by atoms with van der Waals surface area (Å²) in [4.78, 5) is 33.7. The molecule has 4 atom stereocenters. The minimum Gasteiger partial charge on any atom is -0.274 e. The highest BCUT2D eigenvalue weighted by Gasteiger charge is 2.62. The van der Waals surface area contributed by atoms with Gasteiger partial charge in [-0.15, -0.1) is 0 Å². The van der Waals surface area contributed by atoms with Crippen molar-refractivity contribution in [3.63, 3.8) is 0 Å². The third-order valence-corrected chi connectivity index (χ3v) is 7.68. The lowest BCUT2D eigenvalue weighted by Crippen LogP contribution is -2.33. The molecule has 2 heterocycles. The van der Waals surface area contributed by atoms with Crippen LogP contribution >= 0.6 is 0 Å². The Kier molecular flexibility index (Phi) is 4.37. The molecule has 0 N–H and O–H groups in total. The van der Waals surface area contributed by atoms with Crippen LogP contribution in [0.15, 0.2) is 115 Å². The number of para-hydroxylation sites is 1. The number of rotatable bonds is 3. The van der Waals surface area contributed by atoms with Gasteiger partial charge in [0.05, 0.1) is 23.0 Å². The fourth-order valence-corrected chi connectivity index (χ4v) is 6.31. The van der Waals surface area contributed by atoms with E-state index in [1.807, 2.05) is 66.7 Å². The van der Waals surface area contributed by atoms with Crippen LogP contribution in [0, 0.1) is 23.7 Å². The molecule has 4 aromatic rings. The number of allylic oxidation sites excluding steroid dienone is 3. The lowest BCUT2D eigenvalue weighted by Gasteiger charge is -2.22.